The third-order valence-electron chi connectivity index (χ3n) is 4.49. The van der Waals surface area contributed by atoms with Gasteiger partial charge in [-0.25, -0.2) is 0 Å². The Hall–Kier alpha value is -3.48. The number of nitrogens with one attached hydrogen (secondary N) is 2. The van der Waals surface area contributed by atoms with E-state index in [9.17, 15) is 9.59 Å². The normalized spacial score (nSPS) is 10.1. The van der Waals surface area contributed by atoms with Crippen molar-refractivity contribution in [2.75, 3.05) is 24.9 Å². The number of anilines is 2. The van der Waals surface area contributed by atoms with Crippen LogP contribution in [0.1, 0.15) is 5.56 Å². The van der Waals surface area contributed by atoms with Gasteiger partial charge in [0.2, 0.25) is 0 Å². The maximum absolute atomic E-state index is 13.2. The number of hydrogen-bond donors (Lipinski definition) is 2. The summed E-state index contributed by atoms with van der Waals surface area (Å²) in [5, 5.41) is 6.00. The average Bonchev–Trinajstić information content (AvgIpc) is 2.79. The molecule has 3 rings (SSSR count). The van der Waals surface area contributed by atoms with E-state index >= 15 is 0 Å². The fourth-order valence-electron chi connectivity index (χ4n) is 2.90. The van der Waals surface area contributed by atoms with Gasteiger partial charge < -0.3 is 20.1 Å². The van der Waals surface area contributed by atoms with Gasteiger partial charge >= 0.3 is 0 Å². The van der Waals surface area contributed by atoms with Crippen LogP contribution in [0.25, 0.3) is 6.08 Å². The highest BCUT2D eigenvalue weighted by Gasteiger charge is 2.22. The summed E-state index contributed by atoms with van der Waals surface area (Å²) in [6, 6.07) is 18.6. The minimum atomic E-state index is -0.669. The molecule has 0 aliphatic heterocycles. The number of rotatable bonds is 7. The Bertz CT molecular complexity index is 1090. The first kappa shape index (κ1) is 23.2. The second-order valence-corrected chi connectivity index (χ2v) is 7.32. The number of amides is 2. The first-order chi connectivity index (χ1) is 15.4. The lowest BCUT2D eigenvalue weighted by atomic mass is 10.1. The van der Waals surface area contributed by atoms with Crippen LogP contribution in [0, 0.1) is 0 Å². The van der Waals surface area contributed by atoms with Crippen molar-refractivity contribution in [1.82, 2.24) is 0 Å². The van der Waals surface area contributed by atoms with Gasteiger partial charge in [-0.2, -0.15) is 0 Å². The van der Waals surface area contributed by atoms with E-state index < -0.39 is 11.8 Å². The average molecular weight is 471 g/mol. The van der Waals surface area contributed by atoms with Gasteiger partial charge in [0.15, 0.2) is 0 Å². The zero-order chi connectivity index (χ0) is 23.1. The van der Waals surface area contributed by atoms with Crippen molar-refractivity contribution in [3.05, 3.63) is 87.9 Å². The smallest absolute Gasteiger partial charge is 0.261 e. The molecule has 0 radical (unpaired) electrons. The number of carbonyl (C=O) groups excluding carboxylic acids is 2. The fraction of sp³-hybridized carbons (Fsp3) is 0.0833. The molecular formula is C24H20Cl2N2O4. The molecule has 32 heavy (non-hydrogen) atoms. The summed E-state index contributed by atoms with van der Waals surface area (Å²) < 4.78 is 10.6. The monoisotopic (exact) mass is 470 g/mol. The molecule has 0 atom stereocenters. The zero-order valence-electron chi connectivity index (χ0n) is 17.3. The van der Waals surface area contributed by atoms with E-state index in [0.29, 0.717) is 38.5 Å². The number of ether oxygens (including phenoxy) is 2. The summed E-state index contributed by atoms with van der Waals surface area (Å²) in [5.41, 5.74) is 0.940. The summed E-state index contributed by atoms with van der Waals surface area (Å²) in [5.74, 6) is -0.446. The summed E-state index contributed by atoms with van der Waals surface area (Å²) in [6.07, 6.45) is 1.35. The van der Waals surface area contributed by atoms with Gasteiger partial charge in [0.1, 0.15) is 17.1 Å². The Morgan fingerprint density at radius 3 is 1.59 bits per heavy atom. The van der Waals surface area contributed by atoms with Crippen LogP contribution >= 0.6 is 23.2 Å². The quantitative estimate of drug-likeness (QED) is 0.265. The number of methoxy groups -OCH3 is 2. The molecular weight excluding hydrogens is 451 g/mol. The topological polar surface area (TPSA) is 76.7 Å². The maximum atomic E-state index is 13.2. The summed E-state index contributed by atoms with van der Waals surface area (Å²) in [6.45, 7) is 0. The highest BCUT2D eigenvalue weighted by molar-refractivity contribution is 6.38. The number of halogens is 2. The lowest BCUT2D eigenvalue weighted by Gasteiger charge is -2.14. The van der Waals surface area contributed by atoms with Crippen LogP contribution < -0.4 is 20.1 Å². The van der Waals surface area contributed by atoms with E-state index in [-0.39, 0.29) is 5.57 Å². The van der Waals surface area contributed by atoms with Crippen molar-refractivity contribution < 1.29 is 19.1 Å². The number of hydrogen-bond acceptors (Lipinski definition) is 4. The Balaban J connectivity index is 2.02. The molecule has 0 saturated carbocycles. The van der Waals surface area contributed by atoms with Crippen LogP contribution in [0.2, 0.25) is 10.0 Å². The van der Waals surface area contributed by atoms with Crippen molar-refractivity contribution in [2.24, 2.45) is 0 Å². The van der Waals surface area contributed by atoms with Crippen molar-refractivity contribution in [3.8, 4) is 11.5 Å². The van der Waals surface area contributed by atoms with Crippen LogP contribution in [0.3, 0.4) is 0 Å². The molecule has 0 saturated heterocycles. The number of para-hydroxylation sites is 4. The third-order valence-corrected chi connectivity index (χ3v) is 5.15. The number of benzene rings is 3. The Morgan fingerprint density at radius 2 is 1.16 bits per heavy atom. The Morgan fingerprint density at radius 1 is 0.719 bits per heavy atom. The molecule has 2 amide bonds. The van der Waals surface area contributed by atoms with E-state index in [0.717, 1.165) is 0 Å². The van der Waals surface area contributed by atoms with E-state index in [1.54, 1.807) is 66.7 Å². The first-order valence-electron chi connectivity index (χ1n) is 9.49. The minimum Gasteiger partial charge on any atom is -0.495 e. The molecule has 0 aromatic heterocycles. The van der Waals surface area contributed by atoms with Crippen molar-refractivity contribution in [2.45, 2.75) is 0 Å². The molecule has 0 aliphatic rings. The molecule has 6 nitrogen and oxygen atoms in total. The predicted molar refractivity (Wildman–Crippen MR) is 128 cm³/mol. The van der Waals surface area contributed by atoms with Crippen molar-refractivity contribution in [1.29, 1.82) is 0 Å². The van der Waals surface area contributed by atoms with Crippen LogP contribution in [0.4, 0.5) is 11.4 Å². The van der Waals surface area contributed by atoms with E-state index in [2.05, 4.69) is 10.6 Å². The molecule has 3 aromatic carbocycles. The van der Waals surface area contributed by atoms with Gasteiger partial charge in [-0.1, -0.05) is 53.5 Å². The Kier molecular flexibility index (Phi) is 7.76. The second-order valence-electron chi connectivity index (χ2n) is 6.50. The second kappa shape index (κ2) is 10.7. The first-order valence-corrected chi connectivity index (χ1v) is 10.2. The molecule has 0 spiro atoms. The lowest BCUT2D eigenvalue weighted by Crippen LogP contribution is -2.25. The van der Waals surface area contributed by atoms with Gasteiger partial charge in [-0.15, -0.1) is 0 Å². The fourth-order valence-corrected chi connectivity index (χ4v) is 3.41. The number of carbonyl (C=O) groups is 2. The zero-order valence-corrected chi connectivity index (χ0v) is 18.8. The molecule has 0 fully saturated rings. The predicted octanol–water partition coefficient (Wildman–Crippen LogP) is 5.67. The molecule has 3 aromatic rings. The standard InChI is InChI=1S/C24H20Cl2N2O4/c1-31-21-12-5-3-10-19(21)27-23(29)16(14-15-17(25)8-7-9-18(15)26)24(30)28-20-11-4-6-13-22(20)32-2/h3-14H,1-2H3,(H,27,29)(H,28,30). The van der Waals surface area contributed by atoms with E-state index in [4.69, 9.17) is 32.7 Å². The van der Waals surface area contributed by atoms with Gasteiger partial charge in [-0.05, 0) is 42.5 Å². The van der Waals surface area contributed by atoms with Crippen molar-refractivity contribution in [3.63, 3.8) is 0 Å². The van der Waals surface area contributed by atoms with E-state index in [1.165, 1.54) is 20.3 Å². The molecule has 0 bridgehead atoms. The molecule has 0 heterocycles. The molecule has 0 aliphatic carbocycles. The largest absolute Gasteiger partial charge is 0.495 e. The minimum absolute atomic E-state index is 0.211. The maximum Gasteiger partial charge on any atom is 0.261 e. The molecule has 0 unspecified atom stereocenters. The molecule has 164 valence electrons. The summed E-state index contributed by atoms with van der Waals surface area (Å²) in [4.78, 5) is 26.4. The molecule has 2 N–H and O–H groups in total. The van der Waals surface area contributed by atoms with Gasteiger partial charge in [-0.3, -0.25) is 9.59 Å². The van der Waals surface area contributed by atoms with Crippen LogP contribution in [0.5, 0.6) is 11.5 Å². The van der Waals surface area contributed by atoms with Crippen LogP contribution in [0.15, 0.2) is 72.3 Å². The molecule has 8 heteroatoms. The van der Waals surface area contributed by atoms with Crippen LogP contribution in [-0.2, 0) is 9.59 Å². The summed E-state index contributed by atoms with van der Waals surface area (Å²) in [7, 11) is 2.97. The highest BCUT2D eigenvalue weighted by Crippen LogP contribution is 2.29. The third kappa shape index (κ3) is 5.41. The highest BCUT2D eigenvalue weighted by atomic mass is 35.5. The van der Waals surface area contributed by atoms with Crippen molar-refractivity contribution >= 4 is 52.5 Å². The summed E-state index contributed by atoms with van der Waals surface area (Å²) >= 11 is 12.5. The lowest BCUT2D eigenvalue weighted by molar-refractivity contribution is -0.118. The van der Waals surface area contributed by atoms with Gasteiger partial charge in [0.25, 0.3) is 11.8 Å². The van der Waals surface area contributed by atoms with Crippen LogP contribution in [-0.4, -0.2) is 26.0 Å². The SMILES string of the molecule is COc1ccccc1NC(=O)C(=Cc1c(Cl)cccc1Cl)C(=O)Nc1ccccc1OC. The van der Waals surface area contributed by atoms with Gasteiger partial charge in [0, 0.05) is 15.6 Å². The van der Waals surface area contributed by atoms with Gasteiger partial charge in [0.05, 0.1) is 25.6 Å². The Labute approximate surface area is 195 Å². The van der Waals surface area contributed by atoms with E-state index in [1.807, 2.05) is 0 Å².